The van der Waals surface area contributed by atoms with Crippen LogP contribution in [0.3, 0.4) is 0 Å². The first kappa shape index (κ1) is 15.5. The highest BCUT2D eigenvalue weighted by molar-refractivity contribution is 5.30. The highest BCUT2D eigenvalue weighted by Gasteiger charge is 2.41. The number of rotatable bonds is 4. The normalized spacial score (nSPS) is 28.4. The molecule has 0 amide bonds. The molecule has 2 nitrogen and oxygen atoms in total. The third-order valence-electron chi connectivity index (χ3n) is 5.19. The van der Waals surface area contributed by atoms with Gasteiger partial charge in [0.05, 0.1) is 6.10 Å². The first-order valence-corrected chi connectivity index (χ1v) is 7.66. The molecule has 1 atom stereocenters. The summed E-state index contributed by atoms with van der Waals surface area (Å²) in [5, 5.41) is 10.8. The largest absolute Gasteiger partial charge is 0.388 e. The van der Waals surface area contributed by atoms with Crippen molar-refractivity contribution in [1.82, 2.24) is 0 Å². The maximum absolute atomic E-state index is 13.2. The number of halogens is 1. The molecule has 1 aromatic rings. The smallest absolute Gasteiger partial charge is 0.123 e. The van der Waals surface area contributed by atoms with Gasteiger partial charge in [-0.15, -0.1) is 0 Å². The van der Waals surface area contributed by atoms with Crippen LogP contribution in [0.25, 0.3) is 0 Å². The van der Waals surface area contributed by atoms with Gasteiger partial charge in [-0.05, 0) is 61.8 Å². The third kappa shape index (κ3) is 2.89. The third-order valence-corrected chi connectivity index (χ3v) is 5.19. The molecule has 1 aliphatic rings. The van der Waals surface area contributed by atoms with Crippen LogP contribution in [-0.4, -0.2) is 11.7 Å². The van der Waals surface area contributed by atoms with Crippen LogP contribution in [0.15, 0.2) is 18.2 Å². The number of aliphatic hydroxyl groups is 1. The van der Waals surface area contributed by atoms with E-state index in [-0.39, 0.29) is 11.2 Å². The average Bonchev–Trinajstić information content (AvgIpc) is 2.46. The SMILES string of the molecule is CCC1CCC(CN)(C(O)c2ccc(F)cc2C)CC1. The molecular weight excluding hydrogens is 253 g/mol. The molecule has 1 aliphatic carbocycles. The van der Waals surface area contributed by atoms with Crippen molar-refractivity contribution in [2.75, 3.05) is 6.54 Å². The van der Waals surface area contributed by atoms with Gasteiger partial charge >= 0.3 is 0 Å². The van der Waals surface area contributed by atoms with E-state index < -0.39 is 6.10 Å². The van der Waals surface area contributed by atoms with Crippen LogP contribution in [0.4, 0.5) is 4.39 Å². The first-order valence-electron chi connectivity index (χ1n) is 7.66. The summed E-state index contributed by atoms with van der Waals surface area (Å²) in [6.45, 7) is 4.56. The van der Waals surface area contributed by atoms with Gasteiger partial charge in [-0.3, -0.25) is 0 Å². The van der Waals surface area contributed by atoms with E-state index in [1.165, 1.54) is 18.6 Å². The van der Waals surface area contributed by atoms with Gasteiger partial charge in [0.15, 0.2) is 0 Å². The van der Waals surface area contributed by atoms with Crippen LogP contribution < -0.4 is 5.73 Å². The molecule has 3 heteroatoms. The fraction of sp³-hybridized carbons (Fsp3) is 0.647. The van der Waals surface area contributed by atoms with Crippen molar-refractivity contribution in [3.8, 4) is 0 Å². The van der Waals surface area contributed by atoms with E-state index in [9.17, 15) is 9.50 Å². The Morgan fingerprint density at radius 3 is 2.55 bits per heavy atom. The summed E-state index contributed by atoms with van der Waals surface area (Å²) in [5.74, 6) is 0.506. The van der Waals surface area contributed by atoms with Crippen LogP contribution in [0.2, 0.25) is 0 Å². The van der Waals surface area contributed by atoms with Crippen LogP contribution >= 0.6 is 0 Å². The zero-order chi connectivity index (χ0) is 14.8. The van der Waals surface area contributed by atoms with Gasteiger partial charge in [-0.25, -0.2) is 4.39 Å². The van der Waals surface area contributed by atoms with Crippen molar-refractivity contribution < 1.29 is 9.50 Å². The Hall–Kier alpha value is -0.930. The molecule has 0 aliphatic heterocycles. The Kier molecular flexibility index (Phi) is 4.82. The number of hydrogen-bond acceptors (Lipinski definition) is 2. The van der Waals surface area contributed by atoms with Crippen LogP contribution in [-0.2, 0) is 0 Å². The van der Waals surface area contributed by atoms with Gasteiger partial charge in [-0.1, -0.05) is 19.4 Å². The molecule has 1 saturated carbocycles. The Labute approximate surface area is 121 Å². The lowest BCUT2D eigenvalue weighted by molar-refractivity contribution is -0.0107. The van der Waals surface area contributed by atoms with Crippen molar-refractivity contribution in [1.29, 1.82) is 0 Å². The van der Waals surface area contributed by atoms with Gasteiger partial charge in [0.1, 0.15) is 5.82 Å². The summed E-state index contributed by atoms with van der Waals surface area (Å²) < 4.78 is 13.2. The maximum atomic E-state index is 13.2. The van der Waals surface area contributed by atoms with Crippen molar-refractivity contribution in [3.63, 3.8) is 0 Å². The van der Waals surface area contributed by atoms with Gasteiger partial charge in [-0.2, -0.15) is 0 Å². The molecule has 1 aromatic carbocycles. The minimum atomic E-state index is -0.592. The standard InChI is InChI=1S/C17H26FNO/c1-3-13-6-8-17(11-19,9-7-13)16(20)15-5-4-14(18)10-12(15)2/h4-5,10,13,16,20H,3,6-9,11,19H2,1-2H3. The summed E-state index contributed by atoms with van der Waals surface area (Å²) in [6, 6.07) is 4.62. The molecular formula is C17H26FNO. The molecule has 1 unspecified atom stereocenters. The number of aryl methyl sites for hydroxylation is 1. The van der Waals surface area contributed by atoms with E-state index in [2.05, 4.69) is 6.92 Å². The van der Waals surface area contributed by atoms with Crippen molar-refractivity contribution in [2.24, 2.45) is 17.1 Å². The van der Waals surface area contributed by atoms with Crippen molar-refractivity contribution in [2.45, 2.75) is 52.1 Å². The molecule has 0 heterocycles. The minimum absolute atomic E-state index is 0.242. The van der Waals surface area contributed by atoms with E-state index in [0.717, 1.165) is 42.7 Å². The first-order chi connectivity index (χ1) is 9.52. The second-order valence-electron chi connectivity index (χ2n) is 6.32. The molecule has 20 heavy (non-hydrogen) atoms. The lowest BCUT2D eigenvalue weighted by Gasteiger charge is -2.43. The Morgan fingerprint density at radius 1 is 1.40 bits per heavy atom. The molecule has 0 bridgehead atoms. The van der Waals surface area contributed by atoms with Crippen LogP contribution in [0.1, 0.15) is 56.3 Å². The van der Waals surface area contributed by atoms with Crippen LogP contribution in [0, 0.1) is 24.1 Å². The summed E-state index contributed by atoms with van der Waals surface area (Å²) >= 11 is 0. The van der Waals surface area contributed by atoms with E-state index >= 15 is 0 Å². The number of hydrogen-bond donors (Lipinski definition) is 2. The van der Waals surface area contributed by atoms with Crippen LogP contribution in [0.5, 0.6) is 0 Å². The molecule has 0 saturated heterocycles. The van der Waals surface area contributed by atoms with Crippen molar-refractivity contribution >= 4 is 0 Å². The summed E-state index contributed by atoms with van der Waals surface area (Å²) in [7, 11) is 0. The highest BCUT2D eigenvalue weighted by atomic mass is 19.1. The number of aliphatic hydroxyl groups excluding tert-OH is 1. The molecule has 2 rings (SSSR count). The fourth-order valence-electron chi connectivity index (χ4n) is 3.53. The van der Waals surface area contributed by atoms with Gasteiger partial charge in [0.25, 0.3) is 0 Å². The minimum Gasteiger partial charge on any atom is -0.388 e. The summed E-state index contributed by atoms with van der Waals surface area (Å²) in [5.41, 5.74) is 7.40. The highest BCUT2D eigenvalue weighted by Crippen LogP contribution is 2.48. The second kappa shape index (κ2) is 6.23. The predicted octanol–water partition coefficient (Wildman–Crippen LogP) is 3.71. The Bertz CT molecular complexity index is 452. The number of nitrogens with two attached hydrogens (primary N) is 1. The van der Waals surface area contributed by atoms with Crippen molar-refractivity contribution in [3.05, 3.63) is 35.1 Å². The summed E-state index contributed by atoms with van der Waals surface area (Å²) in [4.78, 5) is 0. The van der Waals surface area contributed by atoms with Gasteiger partial charge in [0.2, 0.25) is 0 Å². The predicted molar refractivity (Wildman–Crippen MR) is 79.8 cm³/mol. The Morgan fingerprint density at radius 2 is 2.05 bits per heavy atom. The maximum Gasteiger partial charge on any atom is 0.123 e. The average molecular weight is 279 g/mol. The van der Waals surface area contributed by atoms with E-state index in [0.29, 0.717) is 6.54 Å². The lowest BCUT2D eigenvalue weighted by atomic mass is 9.65. The molecule has 0 radical (unpaired) electrons. The lowest BCUT2D eigenvalue weighted by Crippen LogP contribution is -2.40. The number of benzene rings is 1. The van der Waals surface area contributed by atoms with E-state index in [1.54, 1.807) is 6.07 Å². The van der Waals surface area contributed by atoms with E-state index in [1.807, 2.05) is 6.92 Å². The second-order valence-corrected chi connectivity index (χ2v) is 6.32. The topological polar surface area (TPSA) is 46.2 Å². The molecule has 112 valence electrons. The van der Waals surface area contributed by atoms with Gasteiger partial charge < -0.3 is 10.8 Å². The molecule has 0 spiro atoms. The Balaban J connectivity index is 2.23. The fourth-order valence-corrected chi connectivity index (χ4v) is 3.53. The molecule has 3 N–H and O–H groups in total. The quantitative estimate of drug-likeness (QED) is 0.882. The molecule has 0 aromatic heterocycles. The van der Waals surface area contributed by atoms with E-state index in [4.69, 9.17) is 5.73 Å². The zero-order valence-electron chi connectivity index (χ0n) is 12.5. The molecule has 1 fully saturated rings. The zero-order valence-corrected chi connectivity index (χ0v) is 12.5. The van der Waals surface area contributed by atoms with Gasteiger partial charge in [0, 0.05) is 12.0 Å². The summed E-state index contributed by atoms with van der Waals surface area (Å²) in [6.07, 6.45) is 4.79. The monoisotopic (exact) mass is 279 g/mol.